The maximum Gasteiger partial charge on any atom is 0.330 e. The molecule has 0 aromatic heterocycles. The average molecular weight is 310 g/mol. The van der Waals surface area contributed by atoms with Gasteiger partial charge in [0.05, 0.1) is 7.11 Å². The molecule has 2 aromatic rings. The minimum absolute atomic E-state index is 0.274. The molecular formula is C19H18O4. The summed E-state index contributed by atoms with van der Waals surface area (Å²) >= 11 is 0. The first kappa shape index (κ1) is 15.2. The third-order valence-electron chi connectivity index (χ3n) is 3.84. The van der Waals surface area contributed by atoms with E-state index in [-0.39, 0.29) is 12.8 Å². The van der Waals surface area contributed by atoms with E-state index in [1.54, 1.807) is 0 Å². The number of rotatable bonds is 4. The summed E-state index contributed by atoms with van der Waals surface area (Å²) in [7, 11) is 1.38. The minimum Gasteiger partial charge on any atom is -0.466 e. The number of hydrogen-bond donors (Lipinski definition) is 0. The monoisotopic (exact) mass is 310 g/mol. The molecule has 2 aromatic carbocycles. The fourth-order valence-electron chi connectivity index (χ4n) is 2.54. The predicted molar refractivity (Wildman–Crippen MR) is 88.3 cm³/mol. The van der Waals surface area contributed by atoms with Crippen molar-refractivity contribution in [1.82, 2.24) is 0 Å². The molecule has 0 amide bonds. The van der Waals surface area contributed by atoms with Crippen LogP contribution in [0.2, 0.25) is 0 Å². The second-order valence-electron chi connectivity index (χ2n) is 5.19. The van der Waals surface area contributed by atoms with Crippen molar-refractivity contribution in [2.45, 2.75) is 13.3 Å². The highest BCUT2D eigenvalue weighted by atomic mass is 16.7. The molecule has 1 aliphatic heterocycles. The Morgan fingerprint density at radius 2 is 1.78 bits per heavy atom. The largest absolute Gasteiger partial charge is 0.466 e. The highest BCUT2D eigenvalue weighted by molar-refractivity contribution is 5.91. The molecule has 4 heteroatoms. The lowest BCUT2D eigenvalue weighted by Crippen LogP contribution is -1.96. The quantitative estimate of drug-likeness (QED) is 0.631. The molecule has 0 radical (unpaired) electrons. The summed E-state index contributed by atoms with van der Waals surface area (Å²) in [5, 5.41) is 0. The summed E-state index contributed by atoms with van der Waals surface area (Å²) in [6.45, 7) is 2.29. The standard InChI is InChI=1S/C19H18O4/c1-3-13(11-19(20)21-2)14-4-6-15(7-5-14)16-8-9-17-18(10-16)23-12-22-17/h4-11H,3,12H2,1-2H3/b13-11+. The van der Waals surface area contributed by atoms with Gasteiger partial charge in [0.25, 0.3) is 0 Å². The normalized spacial score (nSPS) is 13.0. The zero-order valence-electron chi connectivity index (χ0n) is 13.2. The number of ether oxygens (including phenoxy) is 3. The minimum atomic E-state index is -0.332. The van der Waals surface area contributed by atoms with Crippen LogP contribution >= 0.6 is 0 Å². The van der Waals surface area contributed by atoms with E-state index < -0.39 is 0 Å². The van der Waals surface area contributed by atoms with Gasteiger partial charge in [-0.15, -0.1) is 0 Å². The third kappa shape index (κ3) is 3.21. The van der Waals surface area contributed by atoms with Gasteiger partial charge in [-0.1, -0.05) is 37.3 Å². The SMILES string of the molecule is CC/C(=C\C(=O)OC)c1ccc(-c2ccc3c(c2)OCO3)cc1. The van der Waals surface area contributed by atoms with Gasteiger partial charge in [-0.2, -0.15) is 0 Å². The van der Waals surface area contributed by atoms with Gasteiger partial charge >= 0.3 is 5.97 Å². The van der Waals surface area contributed by atoms with Crippen molar-refractivity contribution in [3.63, 3.8) is 0 Å². The lowest BCUT2D eigenvalue weighted by atomic mass is 9.98. The van der Waals surface area contributed by atoms with Gasteiger partial charge < -0.3 is 14.2 Å². The highest BCUT2D eigenvalue weighted by Gasteiger charge is 2.13. The first-order valence-corrected chi connectivity index (χ1v) is 7.50. The fourth-order valence-corrected chi connectivity index (χ4v) is 2.54. The van der Waals surface area contributed by atoms with Crippen molar-refractivity contribution in [2.24, 2.45) is 0 Å². The molecule has 0 bridgehead atoms. The van der Waals surface area contributed by atoms with Crippen molar-refractivity contribution in [3.8, 4) is 22.6 Å². The first-order valence-electron chi connectivity index (χ1n) is 7.50. The summed E-state index contributed by atoms with van der Waals surface area (Å²) in [6.07, 6.45) is 2.30. The Morgan fingerprint density at radius 3 is 2.48 bits per heavy atom. The van der Waals surface area contributed by atoms with Crippen LogP contribution in [-0.4, -0.2) is 19.9 Å². The summed E-state index contributed by atoms with van der Waals surface area (Å²) < 4.78 is 15.4. The zero-order chi connectivity index (χ0) is 16.2. The lowest BCUT2D eigenvalue weighted by molar-refractivity contribution is -0.134. The number of allylic oxidation sites excluding steroid dienone is 1. The van der Waals surface area contributed by atoms with E-state index in [4.69, 9.17) is 14.2 Å². The van der Waals surface area contributed by atoms with Crippen molar-refractivity contribution in [1.29, 1.82) is 0 Å². The van der Waals surface area contributed by atoms with Crippen LogP contribution in [0, 0.1) is 0 Å². The van der Waals surface area contributed by atoms with Gasteiger partial charge in [0.15, 0.2) is 11.5 Å². The smallest absolute Gasteiger partial charge is 0.330 e. The summed E-state index contributed by atoms with van der Waals surface area (Å²) in [6, 6.07) is 14.0. The van der Waals surface area contributed by atoms with Crippen LogP contribution in [-0.2, 0) is 9.53 Å². The molecule has 0 fully saturated rings. The molecule has 1 aliphatic rings. The van der Waals surface area contributed by atoms with E-state index >= 15 is 0 Å². The zero-order valence-corrected chi connectivity index (χ0v) is 13.2. The highest BCUT2D eigenvalue weighted by Crippen LogP contribution is 2.36. The lowest BCUT2D eigenvalue weighted by Gasteiger charge is -2.08. The van der Waals surface area contributed by atoms with Crippen molar-refractivity contribution >= 4 is 11.5 Å². The van der Waals surface area contributed by atoms with E-state index in [0.29, 0.717) is 0 Å². The number of benzene rings is 2. The van der Waals surface area contributed by atoms with E-state index in [0.717, 1.165) is 40.2 Å². The van der Waals surface area contributed by atoms with E-state index in [1.807, 2.05) is 49.4 Å². The van der Waals surface area contributed by atoms with E-state index in [1.165, 1.54) is 13.2 Å². The predicted octanol–water partition coefficient (Wildman–Crippen LogP) is 4.05. The number of fused-ring (bicyclic) bond motifs is 1. The van der Waals surface area contributed by atoms with Gasteiger partial charge in [0, 0.05) is 6.08 Å². The van der Waals surface area contributed by atoms with E-state index in [2.05, 4.69) is 0 Å². The Kier molecular flexibility index (Phi) is 4.33. The molecule has 1 heterocycles. The van der Waals surface area contributed by atoms with Gasteiger partial charge in [-0.25, -0.2) is 4.79 Å². The molecule has 0 N–H and O–H groups in total. The number of esters is 1. The maximum absolute atomic E-state index is 11.4. The second-order valence-corrected chi connectivity index (χ2v) is 5.19. The Morgan fingerprint density at radius 1 is 1.09 bits per heavy atom. The Hall–Kier alpha value is -2.75. The molecule has 0 aliphatic carbocycles. The van der Waals surface area contributed by atoms with Gasteiger partial charge in [0.1, 0.15) is 0 Å². The van der Waals surface area contributed by atoms with Gasteiger partial charge in [-0.3, -0.25) is 0 Å². The van der Waals surface area contributed by atoms with Gasteiger partial charge in [-0.05, 0) is 40.8 Å². The molecule has 118 valence electrons. The Bertz CT molecular complexity index is 744. The average Bonchev–Trinajstić information content (AvgIpc) is 3.07. The Labute approximate surface area is 135 Å². The molecular weight excluding hydrogens is 292 g/mol. The summed E-state index contributed by atoms with van der Waals surface area (Å²) in [5.41, 5.74) is 4.12. The number of carbonyl (C=O) groups excluding carboxylic acids is 1. The molecule has 3 rings (SSSR count). The van der Waals surface area contributed by atoms with Crippen LogP contribution in [0.25, 0.3) is 16.7 Å². The van der Waals surface area contributed by atoms with Crippen LogP contribution < -0.4 is 9.47 Å². The molecule has 0 saturated carbocycles. The van der Waals surface area contributed by atoms with Crippen molar-refractivity contribution < 1.29 is 19.0 Å². The van der Waals surface area contributed by atoms with Crippen LogP contribution in [0.4, 0.5) is 0 Å². The summed E-state index contributed by atoms with van der Waals surface area (Å²) in [5.74, 6) is 1.22. The van der Waals surface area contributed by atoms with Gasteiger partial charge in [0.2, 0.25) is 6.79 Å². The number of carbonyl (C=O) groups is 1. The maximum atomic E-state index is 11.4. The Balaban J connectivity index is 1.87. The topological polar surface area (TPSA) is 44.8 Å². The van der Waals surface area contributed by atoms with Crippen LogP contribution in [0.5, 0.6) is 11.5 Å². The van der Waals surface area contributed by atoms with Crippen molar-refractivity contribution in [2.75, 3.05) is 13.9 Å². The molecule has 4 nitrogen and oxygen atoms in total. The number of methoxy groups -OCH3 is 1. The molecule has 0 spiro atoms. The second kappa shape index (κ2) is 6.57. The van der Waals surface area contributed by atoms with Crippen LogP contribution in [0.3, 0.4) is 0 Å². The summed E-state index contributed by atoms with van der Waals surface area (Å²) in [4.78, 5) is 11.4. The van der Waals surface area contributed by atoms with E-state index in [9.17, 15) is 4.79 Å². The molecule has 23 heavy (non-hydrogen) atoms. The molecule has 0 unspecified atom stereocenters. The fraction of sp³-hybridized carbons (Fsp3) is 0.211. The molecule has 0 atom stereocenters. The van der Waals surface area contributed by atoms with Crippen LogP contribution in [0.15, 0.2) is 48.5 Å². The van der Waals surface area contributed by atoms with Crippen molar-refractivity contribution in [3.05, 3.63) is 54.1 Å². The van der Waals surface area contributed by atoms with Crippen LogP contribution in [0.1, 0.15) is 18.9 Å². The first-order chi connectivity index (χ1) is 11.2. The molecule has 0 saturated heterocycles. The third-order valence-corrected chi connectivity index (χ3v) is 3.84. The number of hydrogen-bond acceptors (Lipinski definition) is 4.